The quantitative estimate of drug-likeness (QED) is 0.755. The molecule has 2 aliphatic carbocycles. The molecule has 2 heterocycles. The summed E-state index contributed by atoms with van der Waals surface area (Å²) in [6.07, 6.45) is 10.2. The second-order valence-electron chi connectivity index (χ2n) is 8.09. The molecule has 2 fully saturated rings. The summed E-state index contributed by atoms with van der Waals surface area (Å²) < 4.78 is 1.64. The Bertz CT molecular complexity index is 966. The van der Waals surface area contributed by atoms with E-state index >= 15 is 0 Å². The van der Waals surface area contributed by atoms with Crippen molar-refractivity contribution in [2.75, 3.05) is 7.05 Å². The minimum absolute atomic E-state index is 0.257. The summed E-state index contributed by atoms with van der Waals surface area (Å²) in [7, 11) is 1.53. The average Bonchev–Trinajstić information content (AvgIpc) is 3.45. The zero-order valence-corrected chi connectivity index (χ0v) is 17.0. The Hall–Kier alpha value is -3.28. The zero-order valence-electron chi connectivity index (χ0n) is 17.0. The van der Waals surface area contributed by atoms with Gasteiger partial charge in [-0.3, -0.25) is 14.6 Å². The van der Waals surface area contributed by atoms with Gasteiger partial charge in [0.15, 0.2) is 5.54 Å². The van der Waals surface area contributed by atoms with Crippen molar-refractivity contribution in [3.05, 3.63) is 41.5 Å². The van der Waals surface area contributed by atoms with Crippen molar-refractivity contribution in [2.45, 2.75) is 56.5 Å². The highest BCUT2D eigenvalue weighted by atomic mass is 16.2. The molecule has 0 spiro atoms. The number of hydrogen-bond acceptors (Lipinski definition) is 6. The third-order valence-corrected chi connectivity index (χ3v) is 6.09. The Kier molecular flexibility index (Phi) is 5.48. The molecule has 9 nitrogen and oxygen atoms in total. The van der Waals surface area contributed by atoms with Crippen LogP contribution in [0.4, 0.5) is 0 Å². The van der Waals surface area contributed by atoms with Crippen LogP contribution in [-0.2, 0) is 5.54 Å². The fourth-order valence-electron chi connectivity index (χ4n) is 4.05. The van der Waals surface area contributed by atoms with Crippen LogP contribution in [0.2, 0.25) is 0 Å². The second-order valence-corrected chi connectivity index (χ2v) is 8.09. The maximum Gasteiger partial charge on any atom is 0.269 e. The molecule has 2 amide bonds. The molecule has 2 saturated carbocycles. The van der Waals surface area contributed by atoms with Crippen LogP contribution >= 0.6 is 0 Å². The van der Waals surface area contributed by atoms with Crippen molar-refractivity contribution in [2.24, 2.45) is 5.92 Å². The van der Waals surface area contributed by atoms with Crippen molar-refractivity contribution in [3.8, 4) is 6.07 Å². The van der Waals surface area contributed by atoms with E-state index in [4.69, 9.17) is 0 Å². The lowest BCUT2D eigenvalue weighted by molar-refractivity contribution is 0.0907. The number of pyridine rings is 1. The molecular formula is C21H25N7O2. The largest absolute Gasteiger partial charge is 0.354 e. The van der Waals surface area contributed by atoms with E-state index in [2.05, 4.69) is 32.0 Å². The number of carbonyl (C=O) groups excluding carboxylic acids is 2. The molecule has 0 saturated heterocycles. The summed E-state index contributed by atoms with van der Waals surface area (Å²) >= 11 is 0. The molecule has 0 aromatic carbocycles. The zero-order chi connectivity index (χ0) is 21.1. The molecule has 0 unspecified atom stereocenters. The summed E-state index contributed by atoms with van der Waals surface area (Å²) in [6, 6.07) is 5.17. The summed E-state index contributed by atoms with van der Waals surface area (Å²) in [5, 5.41) is 23.6. The third-order valence-electron chi connectivity index (χ3n) is 6.09. The van der Waals surface area contributed by atoms with Crippen LogP contribution in [0.3, 0.4) is 0 Å². The first-order chi connectivity index (χ1) is 14.6. The van der Waals surface area contributed by atoms with Crippen molar-refractivity contribution >= 4 is 11.8 Å². The average molecular weight is 407 g/mol. The number of nitriles is 1. The van der Waals surface area contributed by atoms with Gasteiger partial charge in [0.2, 0.25) is 0 Å². The smallest absolute Gasteiger partial charge is 0.269 e. The van der Waals surface area contributed by atoms with Crippen LogP contribution in [-0.4, -0.2) is 38.8 Å². The van der Waals surface area contributed by atoms with Gasteiger partial charge in [-0.05, 0) is 43.7 Å². The van der Waals surface area contributed by atoms with Gasteiger partial charge in [-0.15, -0.1) is 5.10 Å². The Morgan fingerprint density at radius 2 is 2.00 bits per heavy atom. The monoisotopic (exact) mass is 407 g/mol. The lowest BCUT2D eigenvalue weighted by Crippen LogP contribution is -2.35. The van der Waals surface area contributed by atoms with Crippen LogP contribution in [0.25, 0.3) is 0 Å². The van der Waals surface area contributed by atoms with Gasteiger partial charge in [0.1, 0.15) is 11.4 Å². The number of rotatable bonds is 6. The maximum absolute atomic E-state index is 12.9. The third kappa shape index (κ3) is 3.90. The normalized spacial score (nSPS) is 18.8. The Balaban J connectivity index is 1.55. The van der Waals surface area contributed by atoms with E-state index in [0.717, 1.165) is 38.5 Å². The van der Waals surface area contributed by atoms with Crippen LogP contribution in [0.15, 0.2) is 24.5 Å². The molecule has 2 aromatic rings. The standard InChI is InChI=1S/C21H25N7O2/c1-23-20(30)16-8-7-15(11-24-16)19(29)25-18(14-5-3-2-4-6-14)17-12-28(27-26-17)21(13-22)9-10-21/h7-8,11-12,14,18H,2-6,9-10H2,1H3,(H,23,30)(H,25,29)/t18-/m0/s1. The van der Waals surface area contributed by atoms with E-state index in [-0.39, 0.29) is 29.5 Å². The van der Waals surface area contributed by atoms with Gasteiger partial charge >= 0.3 is 0 Å². The minimum Gasteiger partial charge on any atom is -0.354 e. The number of amides is 2. The Morgan fingerprint density at radius 3 is 2.60 bits per heavy atom. The number of carbonyl (C=O) groups is 2. The van der Waals surface area contributed by atoms with Gasteiger partial charge < -0.3 is 10.6 Å². The highest BCUT2D eigenvalue weighted by molar-refractivity contribution is 5.96. The van der Waals surface area contributed by atoms with Gasteiger partial charge in [-0.25, -0.2) is 4.68 Å². The van der Waals surface area contributed by atoms with E-state index in [0.29, 0.717) is 11.3 Å². The molecule has 9 heteroatoms. The molecular weight excluding hydrogens is 382 g/mol. The molecule has 0 aliphatic heterocycles. The topological polar surface area (TPSA) is 126 Å². The van der Waals surface area contributed by atoms with E-state index in [1.54, 1.807) is 10.7 Å². The lowest BCUT2D eigenvalue weighted by atomic mass is 9.82. The molecule has 156 valence electrons. The highest BCUT2D eigenvalue weighted by Crippen LogP contribution is 2.42. The van der Waals surface area contributed by atoms with Gasteiger partial charge in [-0.2, -0.15) is 5.26 Å². The molecule has 2 N–H and O–H groups in total. The van der Waals surface area contributed by atoms with Gasteiger partial charge in [0, 0.05) is 13.2 Å². The van der Waals surface area contributed by atoms with Gasteiger partial charge in [-0.1, -0.05) is 24.5 Å². The van der Waals surface area contributed by atoms with Crippen molar-refractivity contribution in [1.29, 1.82) is 5.26 Å². The van der Waals surface area contributed by atoms with Gasteiger partial charge in [0.25, 0.3) is 11.8 Å². The molecule has 0 bridgehead atoms. The predicted molar refractivity (Wildman–Crippen MR) is 107 cm³/mol. The van der Waals surface area contributed by atoms with Crippen LogP contribution in [0.1, 0.15) is 77.5 Å². The molecule has 0 radical (unpaired) electrons. The molecule has 2 aromatic heterocycles. The van der Waals surface area contributed by atoms with Crippen molar-refractivity contribution in [3.63, 3.8) is 0 Å². The second kappa shape index (κ2) is 8.22. The molecule has 1 atom stereocenters. The van der Waals surface area contributed by atoms with Crippen molar-refractivity contribution < 1.29 is 9.59 Å². The number of nitrogens with one attached hydrogen (secondary N) is 2. The van der Waals surface area contributed by atoms with Crippen LogP contribution < -0.4 is 10.6 Å². The number of nitrogens with zero attached hydrogens (tertiary/aromatic N) is 5. The fourth-order valence-corrected chi connectivity index (χ4v) is 4.05. The SMILES string of the molecule is CNC(=O)c1ccc(C(=O)N[C@H](c2cn(C3(C#N)CC3)nn2)C2CCCCC2)cn1. The number of aromatic nitrogens is 4. The highest BCUT2D eigenvalue weighted by Gasteiger charge is 2.47. The maximum atomic E-state index is 12.9. The summed E-state index contributed by atoms with van der Waals surface area (Å²) in [4.78, 5) is 28.7. The molecule has 30 heavy (non-hydrogen) atoms. The van der Waals surface area contributed by atoms with E-state index in [1.165, 1.54) is 25.7 Å². The Morgan fingerprint density at radius 1 is 1.23 bits per heavy atom. The first kappa shape index (κ1) is 20.0. The van der Waals surface area contributed by atoms with E-state index in [1.807, 2.05) is 6.20 Å². The summed E-state index contributed by atoms with van der Waals surface area (Å²) in [6.45, 7) is 0. The van der Waals surface area contributed by atoms with Crippen molar-refractivity contribution in [1.82, 2.24) is 30.6 Å². The van der Waals surface area contributed by atoms with E-state index in [9.17, 15) is 14.9 Å². The van der Waals surface area contributed by atoms with E-state index < -0.39 is 5.54 Å². The number of hydrogen-bond donors (Lipinski definition) is 2. The Labute approximate surface area is 174 Å². The van der Waals surface area contributed by atoms with Gasteiger partial charge in [0.05, 0.1) is 23.9 Å². The first-order valence-electron chi connectivity index (χ1n) is 10.4. The summed E-state index contributed by atoms with van der Waals surface area (Å²) in [5.74, 6) is -0.300. The fraction of sp³-hybridized carbons (Fsp3) is 0.524. The first-order valence-corrected chi connectivity index (χ1v) is 10.4. The lowest BCUT2D eigenvalue weighted by Gasteiger charge is -2.29. The molecule has 4 rings (SSSR count). The minimum atomic E-state index is -0.577. The van der Waals surface area contributed by atoms with Crippen LogP contribution in [0, 0.1) is 17.2 Å². The molecule has 2 aliphatic rings. The predicted octanol–water partition coefficient (Wildman–Crippen LogP) is 2.10. The summed E-state index contributed by atoms with van der Waals surface area (Å²) in [5.41, 5.74) is 0.747. The van der Waals surface area contributed by atoms with Crippen LogP contribution in [0.5, 0.6) is 0 Å².